The van der Waals surface area contributed by atoms with Gasteiger partial charge in [-0.05, 0) is 36.8 Å². The minimum Gasteiger partial charge on any atom is -0.364 e. The Bertz CT molecular complexity index is 1270. The van der Waals surface area contributed by atoms with Gasteiger partial charge in [0.1, 0.15) is 11.5 Å². The number of para-hydroxylation sites is 1. The molecule has 4 aromatic rings. The highest BCUT2D eigenvalue weighted by molar-refractivity contribution is 6.09. The Morgan fingerprint density at radius 1 is 0.969 bits per heavy atom. The lowest BCUT2D eigenvalue weighted by molar-refractivity contribution is -0.0425. The largest absolute Gasteiger partial charge is 0.364 e. The number of aliphatic hydroxyl groups excluding tert-OH is 1. The van der Waals surface area contributed by atoms with Crippen LogP contribution in [0.15, 0.2) is 72.8 Å². The van der Waals surface area contributed by atoms with Crippen molar-refractivity contribution in [3.8, 4) is 0 Å². The maximum absolute atomic E-state index is 13.7. The zero-order chi connectivity index (χ0) is 22.8. The summed E-state index contributed by atoms with van der Waals surface area (Å²) in [4.78, 5) is 13.3. The lowest BCUT2D eigenvalue weighted by atomic mass is 10.1. The van der Waals surface area contributed by atoms with Crippen molar-refractivity contribution < 1.29 is 19.4 Å². The third-order valence-corrected chi connectivity index (χ3v) is 5.50. The number of nitrogens with zero attached hydrogens (tertiary/aromatic N) is 1. The molecule has 1 aromatic heterocycles. The van der Waals surface area contributed by atoms with Gasteiger partial charge in [0.05, 0.1) is 17.2 Å². The van der Waals surface area contributed by atoms with E-state index < -0.39 is 6.29 Å². The molecule has 4 rings (SSSR count). The fraction of sp³-hybridized carbons (Fsp3) is 0.160. The SMILES string of the molecule is CC(NC(=O)c1c(Nc2cccc(F)c2)c2ccccc2n1C)c1ccc(C(O)O)cc1. The van der Waals surface area contributed by atoms with Crippen molar-refractivity contribution in [3.63, 3.8) is 0 Å². The zero-order valence-electron chi connectivity index (χ0n) is 17.7. The van der Waals surface area contributed by atoms with Gasteiger partial charge in [-0.2, -0.15) is 0 Å². The molecule has 0 fully saturated rings. The summed E-state index contributed by atoms with van der Waals surface area (Å²) in [6, 6.07) is 20.1. The Balaban J connectivity index is 1.68. The molecule has 6 nitrogen and oxygen atoms in total. The third-order valence-electron chi connectivity index (χ3n) is 5.50. The van der Waals surface area contributed by atoms with Crippen LogP contribution in [0.4, 0.5) is 15.8 Å². The molecule has 0 saturated carbocycles. The van der Waals surface area contributed by atoms with E-state index in [4.69, 9.17) is 0 Å². The van der Waals surface area contributed by atoms with E-state index >= 15 is 0 Å². The molecule has 0 saturated heterocycles. The van der Waals surface area contributed by atoms with Crippen LogP contribution in [-0.4, -0.2) is 20.7 Å². The van der Waals surface area contributed by atoms with Gasteiger partial charge >= 0.3 is 0 Å². The van der Waals surface area contributed by atoms with Crippen LogP contribution in [0.2, 0.25) is 0 Å². The molecular formula is C25H24FN3O3. The molecule has 1 unspecified atom stereocenters. The van der Waals surface area contributed by atoms with E-state index in [1.165, 1.54) is 12.1 Å². The number of anilines is 2. The standard InChI is InChI=1S/C25H24FN3O3/c1-15(16-10-12-17(13-11-16)25(31)32)27-24(30)23-22(28-19-7-5-6-18(26)14-19)20-8-3-4-9-21(20)29(23)2/h3-15,25,28,31-32H,1-2H3,(H,27,30). The third kappa shape index (κ3) is 4.21. The van der Waals surface area contributed by atoms with Crippen LogP contribution in [0, 0.1) is 5.82 Å². The predicted molar refractivity (Wildman–Crippen MR) is 122 cm³/mol. The van der Waals surface area contributed by atoms with E-state index in [1.807, 2.05) is 42.8 Å². The lowest BCUT2D eigenvalue weighted by Gasteiger charge is -2.17. The Kier molecular flexibility index (Phi) is 5.94. The summed E-state index contributed by atoms with van der Waals surface area (Å²) in [6.07, 6.45) is -1.54. The van der Waals surface area contributed by atoms with Crippen molar-refractivity contribution in [2.45, 2.75) is 19.3 Å². The number of amides is 1. The first-order valence-corrected chi connectivity index (χ1v) is 10.2. The van der Waals surface area contributed by atoms with Gasteiger partial charge in [-0.25, -0.2) is 4.39 Å². The number of hydrogen-bond acceptors (Lipinski definition) is 4. The summed E-state index contributed by atoms with van der Waals surface area (Å²) in [6.45, 7) is 1.85. The van der Waals surface area contributed by atoms with E-state index in [0.29, 0.717) is 22.6 Å². The summed E-state index contributed by atoms with van der Waals surface area (Å²) >= 11 is 0. The Morgan fingerprint density at radius 3 is 2.34 bits per heavy atom. The quantitative estimate of drug-likeness (QED) is 0.337. The van der Waals surface area contributed by atoms with Crippen LogP contribution in [0.1, 0.15) is 40.9 Å². The lowest BCUT2D eigenvalue weighted by Crippen LogP contribution is -2.28. The maximum atomic E-state index is 13.7. The number of nitrogens with one attached hydrogen (secondary N) is 2. The van der Waals surface area contributed by atoms with Crippen LogP contribution < -0.4 is 10.6 Å². The molecule has 1 amide bonds. The number of aromatic nitrogens is 1. The molecule has 32 heavy (non-hydrogen) atoms. The first-order chi connectivity index (χ1) is 15.3. The molecule has 1 atom stereocenters. The van der Waals surface area contributed by atoms with Crippen molar-refractivity contribution in [1.29, 1.82) is 0 Å². The average Bonchev–Trinajstić information content (AvgIpc) is 3.05. The Labute approximate surface area is 184 Å². The van der Waals surface area contributed by atoms with Gasteiger partial charge in [0, 0.05) is 23.7 Å². The molecule has 0 aliphatic rings. The van der Waals surface area contributed by atoms with E-state index in [2.05, 4.69) is 10.6 Å². The number of halogens is 1. The molecule has 0 radical (unpaired) electrons. The van der Waals surface area contributed by atoms with Crippen molar-refractivity contribution in [1.82, 2.24) is 9.88 Å². The van der Waals surface area contributed by atoms with Gasteiger partial charge in [-0.1, -0.05) is 48.5 Å². The van der Waals surface area contributed by atoms with Crippen LogP contribution in [-0.2, 0) is 7.05 Å². The minimum atomic E-state index is -1.54. The highest BCUT2D eigenvalue weighted by Crippen LogP contribution is 2.33. The van der Waals surface area contributed by atoms with Crippen LogP contribution >= 0.6 is 0 Å². The zero-order valence-corrected chi connectivity index (χ0v) is 17.7. The normalized spacial score (nSPS) is 12.2. The second kappa shape index (κ2) is 8.82. The second-order valence-corrected chi connectivity index (χ2v) is 7.67. The van der Waals surface area contributed by atoms with Crippen molar-refractivity contribution in [2.24, 2.45) is 7.05 Å². The van der Waals surface area contributed by atoms with E-state index in [1.54, 1.807) is 36.4 Å². The van der Waals surface area contributed by atoms with Crippen molar-refractivity contribution >= 4 is 28.2 Å². The molecular weight excluding hydrogens is 409 g/mol. The average molecular weight is 433 g/mol. The highest BCUT2D eigenvalue weighted by Gasteiger charge is 2.23. The summed E-state index contributed by atoms with van der Waals surface area (Å²) < 4.78 is 15.5. The first-order valence-electron chi connectivity index (χ1n) is 10.2. The van der Waals surface area contributed by atoms with Gasteiger partial charge in [0.25, 0.3) is 5.91 Å². The molecule has 0 aliphatic carbocycles. The summed E-state index contributed by atoms with van der Waals surface area (Å²) in [5.41, 5.74) is 3.62. The summed E-state index contributed by atoms with van der Waals surface area (Å²) in [5, 5.41) is 25.6. The fourth-order valence-corrected chi connectivity index (χ4v) is 3.80. The second-order valence-electron chi connectivity index (χ2n) is 7.67. The number of benzene rings is 3. The number of carbonyl (C=O) groups excluding carboxylic acids is 1. The van der Waals surface area contributed by atoms with Crippen molar-refractivity contribution in [2.75, 3.05) is 5.32 Å². The number of aliphatic hydroxyl groups is 2. The Morgan fingerprint density at radius 2 is 1.66 bits per heavy atom. The summed E-state index contributed by atoms with van der Waals surface area (Å²) in [7, 11) is 1.82. The first kappa shape index (κ1) is 21.5. The van der Waals surface area contributed by atoms with E-state index in [9.17, 15) is 19.4 Å². The maximum Gasteiger partial charge on any atom is 0.270 e. The molecule has 164 valence electrons. The molecule has 4 N–H and O–H groups in total. The smallest absolute Gasteiger partial charge is 0.270 e. The van der Waals surface area contributed by atoms with Crippen LogP contribution in [0.5, 0.6) is 0 Å². The number of hydrogen-bond donors (Lipinski definition) is 4. The van der Waals surface area contributed by atoms with E-state index in [0.717, 1.165) is 16.5 Å². The number of aryl methyl sites for hydroxylation is 1. The highest BCUT2D eigenvalue weighted by atomic mass is 19.1. The van der Waals surface area contributed by atoms with Crippen LogP contribution in [0.25, 0.3) is 10.9 Å². The molecule has 1 heterocycles. The Hall–Kier alpha value is -3.68. The van der Waals surface area contributed by atoms with Gasteiger partial charge in [0.2, 0.25) is 0 Å². The minimum absolute atomic E-state index is 0.290. The molecule has 0 bridgehead atoms. The number of rotatable bonds is 6. The molecule has 7 heteroatoms. The van der Waals surface area contributed by atoms with Gasteiger partial charge < -0.3 is 25.4 Å². The topological polar surface area (TPSA) is 86.5 Å². The summed E-state index contributed by atoms with van der Waals surface area (Å²) in [5.74, 6) is -0.660. The van der Waals surface area contributed by atoms with Crippen LogP contribution in [0.3, 0.4) is 0 Å². The molecule has 0 spiro atoms. The van der Waals surface area contributed by atoms with Gasteiger partial charge in [0.15, 0.2) is 6.29 Å². The van der Waals surface area contributed by atoms with Gasteiger partial charge in [-0.15, -0.1) is 0 Å². The van der Waals surface area contributed by atoms with Crippen molar-refractivity contribution in [3.05, 3.63) is 95.4 Å². The molecule has 0 aliphatic heterocycles. The number of carbonyl (C=O) groups is 1. The van der Waals surface area contributed by atoms with E-state index in [-0.39, 0.29) is 17.8 Å². The molecule has 3 aromatic carbocycles. The predicted octanol–water partition coefficient (Wildman–Crippen LogP) is 4.54. The monoisotopic (exact) mass is 433 g/mol. The van der Waals surface area contributed by atoms with Gasteiger partial charge in [-0.3, -0.25) is 4.79 Å². The number of fused-ring (bicyclic) bond motifs is 1. The fourth-order valence-electron chi connectivity index (χ4n) is 3.80.